The third-order valence-electron chi connectivity index (χ3n) is 7.06. The van der Waals surface area contributed by atoms with Crippen molar-refractivity contribution in [2.75, 3.05) is 33.3 Å². The first-order valence-electron chi connectivity index (χ1n) is 14.0. The average molecular weight is 583 g/mol. The molecule has 222 valence electrons. The molecule has 1 saturated heterocycles. The van der Waals surface area contributed by atoms with E-state index in [4.69, 9.17) is 14.5 Å². The topological polar surface area (TPSA) is 125 Å². The molecular weight excluding hydrogens is 548 g/mol. The van der Waals surface area contributed by atoms with Gasteiger partial charge in [0.05, 0.1) is 29.6 Å². The molecular formula is C33H34N4O6. The number of hydrogen-bond acceptors (Lipinski definition) is 7. The Bertz CT molecular complexity index is 1680. The quantitative estimate of drug-likeness (QED) is 0.236. The lowest BCUT2D eigenvalue weighted by Gasteiger charge is -2.35. The lowest BCUT2D eigenvalue weighted by Crippen LogP contribution is -2.51. The van der Waals surface area contributed by atoms with Crippen LogP contribution in [0.4, 0.5) is 10.5 Å². The molecule has 1 fully saturated rings. The Labute approximate surface area is 249 Å². The van der Waals surface area contributed by atoms with Gasteiger partial charge in [-0.05, 0) is 57.2 Å². The van der Waals surface area contributed by atoms with Crippen LogP contribution in [0.3, 0.4) is 0 Å². The van der Waals surface area contributed by atoms with Gasteiger partial charge in [0.1, 0.15) is 5.60 Å². The smallest absolute Gasteiger partial charge is 0.410 e. The van der Waals surface area contributed by atoms with E-state index in [0.717, 1.165) is 5.56 Å². The SMILES string of the molecule is COC(=O)c1ccc2c(C(=Nc3ccc(C(=O)N4CCN(C(=O)OC(C)(C)C)CC4)cc3)c3ccccc3)c(O)[nH]c2c1. The van der Waals surface area contributed by atoms with Crippen molar-refractivity contribution < 1.29 is 29.0 Å². The van der Waals surface area contributed by atoms with Crippen LogP contribution in [0.15, 0.2) is 77.8 Å². The molecule has 1 aliphatic rings. The number of carbonyl (C=O) groups is 3. The van der Waals surface area contributed by atoms with Crippen molar-refractivity contribution in [1.29, 1.82) is 0 Å². The number of carbonyl (C=O) groups excluding carboxylic acids is 3. The highest BCUT2D eigenvalue weighted by Crippen LogP contribution is 2.32. The largest absolute Gasteiger partial charge is 0.494 e. The van der Waals surface area contributed by atoms with Crippen LogP contribution in [0.25, 0.3) is 10.9 Å². The first-order chi connectivity index (χ1) is 20.5. The maximum atomic E-state index is 13.2. The molecule has 2 amide bonds. The summed E-state index contributed by atoms with van der Waals surface area (Å²) in [5.41, 5.74) is 3.22. The number of benzene rings is 3. The summed E-state index contributed by atoms with van der Waals surface area (Å²) in [6, 6.07) is 21.4. The van der Waals surface area contributed by atoms with Gasteiger partial charge in [-0.15, -0.1) is 0 Å². The van der Waals surface area contributed by atoms with Crippen molar-refractivity contribution in [1.82, 2.24) is 14.8 Å². The van der Waals surface area contributed by atoms with Crippen LogP contribution < -0.4 is 0 Å². The molecule has 1 aromatic heterocycles. The van der Waals surface area contributed by atoms with Crippen molar-refractivity contribution >= 4 is 40.3 Å². The molecule has 0 radical (unpaired) electrons. The van der Waals surface area contributed by atoms with Crippen molar-refractivity contribution in [3.05, 3.63) is 95.1 Å². The van der Waals surface area contributed by atoms with E-state index >= 15 is 0 Å². The third-order valence-corrected chi connectivity index (χ3v) is 7.06. The Morgan fingerprint density at radius 1 is 0.837 bits per heavy atom. The first kappa shape index (κ1) is 29.4. The van der Waals surface area contributed by atoms with E-state index in [1.165, 1.54) is 7.11 Å². The monoisotopic (exact) mass is 582 g/mol. The zero-order valence-electron chi connectivity index (χ0n) is 24.6. The van der Waals surface area contributed by atoms with E-state index in [-0.39, 0.29) is 17.9 Å². The van der Waals surface area contributed by atoms with Crippen molar-refractivity contribution in [3.8, 4) is 5.88 Å². The predicted molar refractivity (Wildman–Crippen MR) is 163 cm³/mol. The lowest BCUT2D eigenvalue weighted by molar-refractivity contribution is 0.0141. The molecule has 10 nitrogen and oxygen atoms in total. The second-order valence-electron chi connectivity index (χ2n) is 11.2. The van der Waals surface area contributed by atoms with E-state index in [1.807, 2.05) is 51.1 Å². The average Bonchev–Trinajstić information content (AvgIpc) is 3.33. The molecule has 4 aromatic rings. The van der Waals surface area contributed by atoms with Crippen molar-refractivity contribution in [2.45, 2.75) is 26.4 Å². The number of amides is 2. The van der Waals surface area contributed by atoms with E-state index in [9.17, 15) is 19.5 Å². The van der Waals surface area contributed by atoms with Gasteiger partial charge in [0.25, 0.3) is 5.91 Å². The number of nitrogens with one attached hydrogen (secondary N) is 1. The van der Waals surface area contributed by atoms with Crippen LogP contribution in [0.2, 0.25) is 0 Å². The summed E-state index contributed by atoms with van der Waals surface area (Å²) in [5, 5.41) is 11.7. The summed E-state index contributed by atoms with van der Waals surface area (Å²) < 4.78 is 10.3. The number of methoxy groups -OCH3 is 1. The summed E-state index contributed by atoms with van der Waals surface area (Å²) in [6.45, 7) is 7.10. The fourth-order valence-electron chi connectivity index (χ4n) is 4.94. The van der Waals surface area contributed by atoms with Gasteiger partial charge in [0, 0.05) is 48.2 Å². The molecule has 0 unspecified atom stereocenters. The van der Waals surface area contributed by atoms with Crippen LogP contribution in [0.5, 0.6) is 5.88 Å². The molecule has 1 aliphatic heterocycles. The van der Waals surface area contributed by atoms with E-state index < -0.39 is 11.6 Å². The Morgan fingerprint density at radius 2 is 1.47 bits per heavy atom. The van der Waals surface area contributed by atoms with Gasteiger partial charge in [-0.1, -0.05) is 36.4 Å². The van der Waals surface area contributed by atoms with Gasteiger partial charge in [-0.2, -0.15) is 0 Å². The highest BCUT2D eigenvalue weighted by Gasteiger charge is 2.28. The van der Waals surface area contributed by atoms with E-state index in [2.05, 4.69) is 4.98 Å². The fourth-order valence-corrected chi connectivity index (χ4v) is 4.94. The summed E-state index contributed by atoms with van der Waals surface area (Å²) in [6.07, 6.45) is -0.374. The lowest BCUT2D eigenvalue weighted by atomic mass is 10.00. The van der Waals surface area contributed by atoms with Gasteiger partial charge in [0.15, 0.2) is 5.88 Å². The highest BCUT2D eigenvalue weighted by atomic mass is 16.6. The Morgan fingerprint density at radius 3 is 2.09 bits per heavy atom. The van der Waals surface area contributed by atoms with E-state index in [1.54, 1.807) is 52.3 Å². The van der Waals surface area contributed by atoms with Gasteiger partial charge in [-0.3, -0.25) is 4.79 Å². The summed E-state index contributed by atoms with van der Waals surface area (Å²) >= 11 is 0. The first-order valence-corrected chi connectivity index (χ1v) is 14.0. The minimum Gasteiger partial charge on any atom is -0.494 e. The summed E-state index contributed by atoms with van der Waals surface area (Å²) in [4.78, 5) is 48.8. The third kappa shape index (κ3) is 6.53. The summed E-state index contributed by atoms with van der Waals surface area (Å²) in [7, 11) is 1.32. The van der Waals surface area contributed by atoms with Crippen LogP contribution in [-0.4, -0.2) is 82.5 Å². The van der Waals surface area contributed by atoms with Crippen LogP contribution >= 0.6 is 0 Å². The number of ether oxygens (including phenoxy) is 2. The number of aromatic hydroxyl groups is 1. The molecule has 43 heavy (non-hydrogen) atoms. The number of nitrogens with zero attached hydrogens (tertiary/aromatic N) is 3. The Kier molecular flexibility index (Phi) is 8.20. The number of aromatic nitrogens is 1. The number of esters is 1. The van der Waals surface area contributed by atoms with Gasteiger partial charge in [0.2, 0.25) is 0 Å². The zero-order chi connectivity index (χ0) is 30.7. The fraction of sp³-hybridized carbons (Fsp3) is 0.273. The number of piperazine rings is 1. The van der Waals surface area contributed by atoms with E-state index in [0.29, 0.717) is 65.2 Å². The molecule has 0 bridgehead atoms. The Balaban J connectivity index is 1.39. The minimum absolute atomic E-state index is 0.0862. The minimum atomic E-state index is -0.574. The van der Waals surface area contributed by atoms with Crippen LogP contribution in [0.1, 0.15) is 52.6 Å². The van der Waals surface area contributed by atoms with Crippen LogP contribution in [-0.2, 0) is 9.47 Å². The molecule has 0 atom stereocenters. The molecule has 2 N–H and O–H groups in total. The molecule has 0 saturated carbocycles. The number of aromatic amines is 1. The molecule has 3 aromatic carbocycles. The molecule has 5 rings (SSSR count). The predicted octanol–water partition coefficient (Wildman–Crippen LogP) is 5.52. The number of aliphatic imine (C=N–C) groups is 1. The maximum absolute atomic E-state index is 13.2. The zero-order valence-corrected chi connectivity index (χ0v) is 24.6. The van der Waals surface area contributed by atoms with Crippen molar-refractivity contribution in [2.24, 2.45) is 4.99 Å². The second kappa shape index (κ2) is 12.0. The maximum Gasteiger partial charge on any atom is 0.410 e. The van der Waals surface area contributed by atoms with Gasteiger partial charge >= 0.3 is 12.1 Å². The van der Waals surface area contributed by atoms with Gasteiger partial charge in [-0.25, -0.2) is 14.6 Å². The van der Waals surface area contributed by atoms with Gasteiger partial charge < -0.3 is 29.4 Å². The normalized spacial score (nSPS) is 14.1. The molecule has 10 heteroatoms. The number of fused-ring (bicyclic) bond motifs is 1. The Hall–Kier alpha value is -5.12. The van der Waals surface area contributed by atoms with Crippen molar-refractivity contribution in [3.63, 3.8) is 0 Å². The second-order valence-corrected chi connectivity index (χ2v) is 11.2. The summed E-state index contributed by atoms with van der Waals surface area (Å²) in [5.74, 6) is -0.690. The molecule has 2 heterocycles. The number of rotatable bonds is 5. The highest BCUT2D eigenvalue weighted by molar-refractivity contribution is 6.22. The number of H-pyrrole nitrogens is 1. The molecule has 0 aliphatic carbocycles. The number of hydrogen-bond donors (Lipinski definition) is 2. The van der Waals surface area contributed by atoms with Crippen LogP contribution in [0, 0.1) is 0 Å². The standard InChI is InChI=1S/C33H34N4O6/c1-33(2,3)43-32(41)37-18-16-36(17-19-37)30(39)22-10-13-24(14-11-22)34-28(21-8-6-5-7-9-21)27-25-15-12-23(31(40)42-4)20-26(25)35-29(27)38/h5-15,20,35,38H,16-19H2,1-4H3. The molecule has 0 spiro atoms.